The first kappa shape index (κ1) is 20.5. The minimum atomic E-state index is -0.897. The standard InChI is InChI=1S/C20H22ClN3O3/c1-13(25)23-18(12-14-5-3-2-4-6-14)20(27)24-17(19(22)26)11-15-7-9-16(21)10-8-15/h2-10,17-18H,11-12H2,1H3,(H2,22,26)(H,23,25)(H,24,27)/t17-,18+/m0/s1. The van der Waals surface area contributed by atoms with Gasteiger partial charge in [-0.1, -0.05) is 54.1 Å². The summed E-state index contributed by atoms with van der Waals surface area (Å²) in [5, 5.41) is 5.84. The van der Waals surface area contributed by atoms with Crippen LogP contribution in [-0.2, 0) is 27.2 Å². The summed E-state index contributed by atoms with van der Waals surface area (Å²) in [6, 6.07) is 14.5. The molecule has 2 aromatic rings. The van der Waals surface area contributed by atoms with E-state index in [1.165, 1.54) is 6.92 Å². The van der Waals surface area contributed by atoms with Crippen molar-refractivity contribution in [2.45, 2.75) is 31.8 Å². The van der Waals surface area contributed by atoms with Gasteiger partial charge in [0, 0.05) is 24.8 Å². The lowest BCUT2D eigenvalue weighted by Crippen LogP contribution is -2.54. The van der Waals surface area contributed by atoms with Gasteiger partial charge in [0.15, 0.2) is 0 Å². The Kier molecular flexibility index (Phi) is 7.37. The highest BCUT2D eigenvalue weighted by molar-refractivity contribution is 6.30. The molecule has 0 aliphatic rings. The predicted molar refractivity (Wildman–Crippen MR) is 104 cm³/mol. The zero-order valence-electron chi connectivity index (χ0n) is 14.9. The molecule has 142 valence electrons. The zero-order valence-corrected chi connectivity index (χ0v) is 15.7. The minimum absolute atomic E-state index is 0.233. The van der Waals surface area contributed by atoms with Crippen LogP contribution in [0.15, 0.2) is 54.6 Å². The number of amides is 3. The summed E-state index contributed by atoms with van der Waals surface area (Å²) >= 11 is 5.86. The fourth-order valence-electron chi connectivity index (χ4n) is 2.66. The van der Waals surface area contributed by atoms with E-state index < -0.39 is 23.9 Å². The number of hydrogen-bond acceptors (Lipinski definition) is 3. The quantitative estimate of drug-likeness (QED) is 0.641. The largest absolute Gasteiger partial charge is 0.368 e. The van der Waals surface area contributed by atoms with Crippen LogP contribution in [0.3, 0.4) is 0 Å². The maximum atomic E-state index is 12.7. The van der Waals surface area contributed by atoms with Gasteiger partial charge in [0.1, 0.15) is 12.1 Å². The third-order valence-corrected chi connectivity index (χ3v) is 4.24. The Morgan fingerprint density at radius 1 is 0.889 bits per heavy atom. The number of halogens is 1. The van der Waals surface area contributed by atoms with E-state index >= 15 is 0 Å². The van der Waals surface area contributed by atoms with Gasteiger partial charge in [-0.25, -0.2) is 0 Å². The molecule has 2 rings (SSSR count). The summed E-state index contributed by atoms with van der Waals surface area (Å²) in [4.78, 5) is 36.0. The molecule has 0 aromatic heterocycles. The maximum Gasteiger partial charge on any atom is 0.243 e. The number of carbonyl (C=O) groups excluding carboxylic acids is 3. The van der Waals surface area contributed by atoms with Gasteiger partial charge >= 0.3 is 0 Å². The molecule has 0 spiro atoms. The maximum absolute atomic E-state index is 12.7. The van der Waals surface area contributed by atoms with Gasteiger partial charge in [-0.2, -0.15) is 0 Å². The molecule has 4 N–H and O–H groups in total. The average Bonchev–Trinajstić information content (AvgIpc) is 2.62. The first-order valence-corrected chi connectivity index (χ1v) is 8.88. The first-order chi connectivity index (χ1) is 12.8. The molecule has 7 heteroatoms. The van der Waals surface area contributed by atoms with Crippen molar-refractivity contribution in [3.8, 4) is 0 Å². The third-order valence-electron chi connectivity index (χ3n) is 3.99. The molecule has 2 atom stereocenters. The van der Waals surface area contributed by atoms with Crippen LogP contribution in [0.25, 0.3) is 0 Å². The minimum Gasteiger partial charge on any atom is -0.368 e. The van der Waals surface area contributed by atoms with Gasteiger partial charge in [0.05, 0.1) is 0 Å². The van der Waals surface area contributed by atoms with E-state index in [9.17, 15) is 14.4 Å². The molecule has 0 aliphatic heterocycles. The summed E-state index contributed by atoms with van der Waals surface area (Å²) in [7, 11) is 0. The summed E-state index contributed by atoms with van der Waals surface area (Å²) in [6.45, 7) is 1.34. The van der Waals surface area contributed by atoms with Crippen LogP contribution in [0.2, 0.25) is 5.02 Å². The van der Waals surface area contributed by atoms with E-state index in [2.05, 4.69) is 10.6 Å². The van der Waals surface area contributed by atoms with Gasteiger partial charge in [-0.3, -0.25) is 14.4 Å². The SMILES string of the molecule is CC(=O)N[C@H](Cc1ccccc1)C(=O)N[C@@H](Cc1ccc(Cl)cc1)C(N)=O. The molecule has 0 saturated carbocycles. The average molecular weight is 388 g/mol. The second-order valence-corrected chi connectivity index (χ2v) is 6.67. The number of rotatable bonds is 8. The Bertz CT molecular complexity index is 794. The number of benzene rings is 2. The van der Waals surface area contributed by atoms with Crippen LogP contribution in [0.4, 0.5) is 0 Å². The van der Waals surface area contributed by atoms with Crippen molar-refractivity contribution in [2.75, 3.05) is 0 Å². The van der Waals surface area contributed by atoms with Crippen LogP contribution in [0.5, 0.6) is 0 Å². The van der Waals surface area contributed by atoms with E-state index in [1.807, 2.05) is 30.3 Å². The Morgan fingerprint density at radius 3 is 2.00 bits per heavy atom. The Balaban J connectivity index is 2.10. The van der Waals surface area contributed by atoms with Gasteiger partial charge < -0.3 is 16.4 Å². The summed E-state index contributed by atoms with van der Waals surface area (Å²) in [6.07, 6.45) is 0.537. The molecule has 27 heavy (non-hydrogen) atoms. The van der Waals surface area contributed by atoms with Crippen molar-refractivity contribution in [1.29, 1.82) is 0 Å². The van der Waals surface area contributed by atoms with E-state index in [1.54, 1.807) is 24.3 Å². The summed E-state index contributed by atoms with van der Waals surface area (Å²) in [5.74, 6) is -1.45. The number of carbonyl (C=O) groups is 3. The highest BCUT2D eigenvalue weighted by Gasteiger charge is 2.25. The van der Waals surface area contributed by atoms with Crippen molar-refractivity contribution < 1.29 is 14.4 Å². The smallest absolute Gasteiger partial charge is 0.243 e. The van der Waals surface area contributed by atoms with Crippen LogP contribution < -0.4 is 16.4 Å². The molecule has 2 aromatic carbocycles. The van der Waals surface area contributed by atoms with Crippen LogP contribution in [0.1, 0.15) is 18.1 Å². The predicted octanol–water partition coefficient (Wildman–Crippen LogP) is 1.60. The number of primary amides is 1. The first-order valence-electron chi connectivity index (χ1n) is 8.50. The monoisotopic (exact) mass is 387 g/mol. The van der Waals surface area contributed by atoms with E-state index in [4.69, 9.17) is 17.3 Å². The van der Waals surface area contributed by atoms with Crippen molar-refractivity contribution in [1.82, 2.24) is 10.6 Å². The second kappa shape index (κ2) is 9.73. The van der Waals surface area contributed by atoms with Crippen molar-refractivity contribution in [2.24, 2.45) is 5.73 Å². The lowest BCUT2D eigenvalue weighted by Gasteiger charge is -2.22. The number of nitrogens with two attached hydrogens (primary N) is 1. The molecule has 0 radical (unpaired) electrons. The molecule has 0 heterocycles. The lowest BCUT2D eigenvalue weighted by atomic mass is 10.0. The van der Waals surface area contributed by atoms with Crippen LogP contribution in [-0.4, -0.2) is 29.8 Å². The highest BCUT2D eigenvalue weighted by atomic mass is 35.5. The van der Waals surface area contributed by atoms with Gasteiger partial charge in [0.25, 0.3) is 0 Å². The number of nitrogens with one attached hydrogen (secondary N) is 2. The summed E-state index contributed by atoms with van der Waals surface area (Å²) in [5.41, 5.74) is 7.15. The van der Waals surface area contributed by atoms with Gasteiger partial charge in [0.2, 0.25) is 17.7 Å². The van der Waals surface area contributed by atoms with Crippen molar-refractivity contribution in [3.05, 3.63) is 70.7 Å². The van der Waals surface area contributed by atoms with Crippen LogP contribution >= 0.6 is 11.6 Å². The molecule has 0 unspecified atom stereocenters. The third kappa shape index (κ3) is 6.75. The zero-order chi connectivity index (χ0) is 19.8. The van der Waals surface area contributed by atoms with E-state index in [-0.39, 0.29) is 12.3 Å². The van der Waals surface area contributed by atoms with E-state index in [0.29, 0.717) is 11.4 Å². The summed E-state index contributed by atoms with van der Waals surface area (Å²) < 4.78 is 0. The van der Waals surface area contributed by atoms with Gasteiger partial charge in [-0.15, -0.1) is 0 Å². The normalized spacial score (nSPS) is 12.7. The van der Waals surface area contributed by atoms with Gasteiger partial charge in [-0.05, 0) is 23.3 Å². The lowest BCUT2D eigenvalue weighted by molar-refractivity contribution is -0.130. The fraction of sp³-hybridized carbons (Fsp3) is 0.250. The van der Waals surface area contributed by atoms with Crippen molar-refractivity contribution >= 4 is 29.3 Å². The van der Waals surface area contributed by atoms with Crippen molar-refractivity contribution in [3.63, 3.8) is 0 Å². The molecule has 0 fully saturated rings. The molecule has 0 bridgehead atoms. The highest BCUT2D eigenvalue weighted by Crippen LogP contribution is 2.11. The Hall–Kier alpha value is -2.86. The molecule has 6 nitrogen and oxygen atoms in total. The number of hydrogen-bond donors (Lipinski definition) is 3. The fourth-order valence-corrected chi connectivity index (χ4v) is 2.78. The Morgan fingerprint density at radius 2 is 1.44 bits per heavy atom. The molecular weight excluding hydrogens is 366 g/mol. The molecule has 0 aliphatic carbocycles. The van der Waals surface area contributed by atoms with E-state index in [0.717, 1.165) is 11.1 Å². The van der Waals surface area contributed by atoms with Crippen LogP contribution in [0, 0.1) is 0 Å². The Labute approximate surface area is 163 Å². The topological polar surface area (TPSA) is 101 Å². The molecule has 0 saturated heterocycles. The molecular formula is C20H22ClN3O3. The second-order valence-electron chi connectivity index (χ2n) is 6.24. The molecule has 3 amide bonds.